The van der Waals surface area contributed by atoms with Crippen molar-refractivity contribution in [2.75, 3.05) is 0 Å². The van der Waals surface area contributed by atoms with Crippen LogP contribution < -0.4 is 0 Å². The second-order valence-electron chi connectivity index (χ2n) is 2.71. The maximum atomic E-state index is 13.0. The van der Waals surface area contributed by atoms with Crippen LogP contribution in [0.15, 0.2) is 30.9 Å². The van der Waals surface area contributed by atoms with E-state index < -0.39 is 11.9 Å². The van der Waals surface area contributed by atoms with Crippen molar-refractivity contribution in [3.63, 3.8) is 0 Å². The van der Waals surface area contributed by atoms with Crippen LogP contribution in [0.2, 0.25) is 0 Å². The van der Waals surface area contributed by atoms with Gasteiger partial charge in [0.1, 0.15) is 5.82 Å². The van der Waals surface area contributed by atoms with Gasteiger partial charge in [-0.15, -0.1) is 6.58 Å². The number of hydrogen-bond donors (Lipinski definition) is 1. The van der Waals surface area contributed by atoms with Crippen molar-refractivity contribution in [1.82, 2.24) is 0 Å². The number of rotatable bonds is 2. The van der Waals surface area contributed by atoms with E-state index in [9.17, 15) is 9.50 Å². The molecule has 0 amide bonds. The third kappa shape index (κ3) is 1.71. The number of aliphatic hydroxyl groups excluding tert-OH is 1. The molecule has 0 fully saturated rings. The van der Waals surface area contributed by atoms with Gasteiger partial charge in [-0.2, -0.15) is 0 Å². The standard InChI is InChI=1S/C10H11FO/c1-3-10(12)8-6-7(2)4-5-9(8)11/h3-6,10,12H,1H2,2H3. The van der Waals surface area contributed by atoms with E-state index in [4.69, 9.17) is 0 Å². The van der Waals surface area contributed by atoms with Gasteiger partial charge in [0.2, 0.25) is 0 Å². The Balaban J connectivity index is 3.12. The number of aryl methyl sites for hydroxylation is 1. The van der Waals surface area contributed by atoms with Gasteiger partial charge in [0.15, 0.2) is 0 Å². The first-order valence-corrected chi connectivity index (χ1v) is 3.72. The van der Waals surface area contributed by atoms with Crippen LogP contribution in [0.3, 0.4) is 0 Å². The van der Waals surface area contributed by atoms with E-state index in [-0.39, 0.29) is 5.56 Å². The van der Waals surface area contributed by atoms with Gasteiger partial charge in [-0.1, -0.05) is 23.8 Å². The van der Waals surface area contributed by atoms with E-state index in [0.717, 1.165) is 5.56 Å². The zero-order valence-corrected chi connectivity index (χ0v) is 6.92. The minimum atomic E-state index is -0.912. The summed E-state index contributed by atoms with van der Waals surface area (Å²) in [4.78, 5) is 0. The first kappa shape index (κ1) is 8.94. The van der Waals surface area contributed by atoms with Gasteiger partial charge < -0.3 is 5.11 Å². The lowest BCUT2D eigenvalue weighted by molar-refractivity contribution is 0.223. The molecule has 0 radical (unpaired) electrons. The summed E-state index contributed by atoms with van der Waals surface area (Å²) < 4.78 is 13.0. The van der Waals surface area contributed by atoms with Gasteiger partial charge >= 0.3 is 0 Å². The Kier molecular flexibility index (Phi) is 2.61. The van der Waals surface area contributed by atoms with Crippen LogP contribution in [0.5, 0.6) is 0 Å². The predicted molar refractivity (Wildman–Crippen MR) is 46.3 cm³/mol. The molecule has 0 saturated heterocycles. The smallest absolute Gasteiger partial charge is 0.129 e. The second kappa shape index (κ2) is 3.50. The maximum Gasteiger partial charge on any atom is 0.129 e. The SMILES string of the molecule is C=CC(O)c1cc(C)ccc1F. The number of halogens is 1. The summed E-state index contributed by atoms with van der Waals surface area (Å²) in [7, 11) is 0. The van der Waals surface area contributed by atoms with Crippen molar-refractivity contribution in [1.29, 1.82) is 0 Å². The monoisotopic (exact) mass is 166 g/mol. The van der Waals surface area contributed by atoms with Gasteiger partial charge in [0.05, 0.1) is 6.10 Å². The Hall–Kier alpha value is -1.15. The van der Waals surface area contributed by atoms with Gasteiger partial charge in [-0.3, -0.25) is 0 Å². The average Bonchev–Trinajstić information content (AvgIpc) is 2.08. The topological polar surface area (TPSA) is 20.2 Å². The Bertz CT molecular complexity index is 294. The molecule has 1 aromatic rings. The molecule has 2 heteroatoms. The van der Waals surface area contributed by atoms with Crippen molar-refractivity contribution in [2.45, 2.75) is 13.0 Å². The highest BCUT2D eigenvalue weighted by Crippen LogP contribution is 2.18. The molecule has 1 aromatic carbocycles. The number of benzene rings is 1. The van der Waals surface area contributed by atoms with Crippen molar-refractivity contribution in [3.8, 4) is 0 Å². The lowest BCUT2D eigenvalue weighted by Crippen LogP contribution is -1.97. The van der Waals surface area contributed by atoms with Crippen LogP contribution >= 0.6 is 0 Å². The summed E-state index contributed by atoms with van der Waals surface area (Å²) in [6.45, 7) is 5.24. The maximum absolute atomic E-state index is 13.0. The first-order chi connectivity index (χ1) is 5.65. The van der Waals surface area contributed by atoms with Crippen LogP contribution in [-0.2, 0) is 0 Å². The normalized spacial score (nSPS) is 12.6. The van der Waals surface area contributed by atoms with Crippen LogP contribution in [0.1, 0.15) is 17.2 Å². The van der Waals surface area contributed by atoms with Gasteiger partial charge in [-0.05, 0) is 13.0 Å². The molecular formula is C10H11FO. The molecule has 0 aliphatic rings. The molecule has 0 aromatic heterocycles. The highest BCUT2D eigenvalue weighted by Gasteiger charge is 2.08. The number of hydrogen-bond acceptors (Lipinski definition) is 1. The van der Waals surface area contributed by atoms with E-state index in [2.05, 4.69) is 6.58 Å². The Morgan fingerprint density at radius 2 is 2.25 bits per heavy atom. The number of aliphatic hydroxyl groups is 1. The summed E-state index contributed by atoms with van der Waals surface area (Å²) in [5.74, 6) is -0.395. The van der Waals surface area contributed by atoms with Crippen molar-refractivity contribution >= 4 is 0 Å². The summed E-state index contributed by atoms with van der Waals surface area (Å²) in [6.07, 6.45) is 0.391. The molecule has 0 aliphatic carbocycles. The van der Waals surface area contributed by atoms with Crippen LogP contribution in [0.4, 0.5) is 4.39 Å². The fourth-order valence-corrected chi connectivity index (χ4v) is 1.02. The predicted octanol–water partition coefficient (Wildman–Crippen LogP) is 2.35. The molecular weight excluding hydrogens is 155 g/mol. The van der Waals surface area contributed by atoms with Crippen molar-refractivity contribution in [3.05, 3.63) is 47.8 Å². The molecule has 12 heavy (non-hydrogen) atoms. The molecule has 0 heterocycles. The molecule has 1 N–H and O–H groups in total. The lowest BCUT2D eigenvalue weighted by atomic mass is 10.1. The van der Waals surface area contributed by atoms with Crippen molar-refractivity contribution in [2.24, 2.45) is 0 Å². The van der Waals surface area contributed by atoms with Crippen LogP contribution in [-0.4, -0.2) is 5.11 Å². The molecule has 0 bridgehead atoms. The van der Waals surface area contributed by atoms with E-state index in [1.807, 2.05) is 6.92 Å². The zero-order valence-electron chi connectivity index (χ0n) is 6.92. The quantitative estimate of drug-likeness (QED) is 0.668. The van der Waals surface area contributed by atoms with Gasteiger partial charge in [0.25, 0.3) is 0 Å². The Morgan fingerprint density at radius 3 is 2.83 bits per heavy atom. The molecule has 0 saturated carbocycles. The van der Waals surface area contributed by atoms with Crippen LogP contribution in [0, 0.1) is 12.7 Å². The van der Waals surface area contributed by atoms with Crippen LogP contribution in [0.25, 0.3) is 0 Å². The molecule has 1 nitrogen and oxygen atoms in total. The van der Waals surface area contributed by atoms with E-state index >= 15 is 0 Å². The van der Waals surface area contributed by atoms with Gasteiger partial charge in [0, 0.05) is 5.56 Å². The lowest BCUT2D eigenvalue weighted by Gasteiger charge is -2.07. The average molecular weight is 166 g/mol. The van der Waals surface area contributed by atoms with Gasteiger partial charge in [-0.25, -0.2) is 4.39 Å². The fourth-order valence-electron chi connectivity index (χ4n) is 1.02. The third-order valence-corrected chi connectivity index (χ3v) is 1.69. The minimum absolute atomic E-state index is 0.282. The highest BCUT2D eigenvalue weighted by molar-refractivity contribution is 5.27. The van der Waals surface area contributed by atoms with E-state index in [0.29, 0.717) is 0 Å². The van der Waals surface area contributed by atoms with E-state index in [1.54, 1.807) is 12.1 Å². The summed E-state index contributed by atoms with van der Waals surface area (Å²) >= 11 is 0. The summed E-state index contributed by atoms with van der Waals surface area (Å²) in [6, 6.07) is 4.62. The Morgan fingerprint density at radius 1 is 1.58 bits per heavy atom. The molecule has 1 unspecified atom stereocenters. The zero-order chi connectivity index (χ0) is 9.14. The summed E-state index contributed by atoms with van der Waals surface area (Å²) in [5, 5.41) is 9.28. The molecule has 0 spiro atoms. The molecule has 64 valence electrons. The first-order valence-electron chi connectivity index (χ1n) is 3.72. The Labute approximate surface area is 71.2 Å². The third-order valence-electron chi connectivity index (χ3n) is 1.69. The molecule has 1 rings (SSSR count). The van der Waals surface area contributed by atoms with E-state index in [1.165, 1.54) is 12.1 Å². The van der Waals surface area contributed by atoms with Crippen molar-refractivity contribution < 1.29 is 9.50 Å². The molecule has 1 atom stereocenters. The molecule has 0 aliphatic heterocycles. The largest absolute Gasteiger partial charge is 0.384 e. The summed E-state index contributed by atoms with van der Waals surface area (Å²) in [5.41, 5.74) is 1.21. The highest BCUT2D eigenvalue weighted by atomic mass is 19.1. The fraction of sp³-hybridized carbons (Fsp3) is 0.200. The minimum Gasteiger partial charge on any atom is -0.384 e. The second-order valence-corrected chi connectivity index (χ2v) is 2.71.